The van der Waals surface area contributed by atoms with Crippen LogP contribution in [0, 0.1) is 15.3 Å². The molecule has 7 heavy (non-hydrogen) atoms. The molecule has 7 heteroatoms. The first-order chi connectivity index (χ1) is 1.73. The Kier molecular flexibility index (Phi) is 57.5. The minimum absolute atomic E-state index is 0. The van der Waals surface area contributed by atoms with Crippen molar-refractivity contribution in [3.63, 3.8) is 0 Å². The third kappa shape index (κ3) is 317. The van der Waals surface area contributed by atoms with Crippen molar-refractivity contribution in [2.24, 2.45) is 0 Å². The van der Waals surface area contributed by atoms with Crippen LogP contribution in [0.5, 0.6) is 0 Å². The van der Waals surface area contributed by atoms with E-state index < -0.39 is 5.09 Å². The van der Waals surface area contributed by atoms with Gasteiger partial charge in [0.25, 0.3) is 0 Å². The predicted octanol–water partition coefficient (Wildman–Crippen LogP) is -1.71. The molecule has 5 nitrogen and oxygen atoms in total. The second kappa shape index (κ2) is 15.9. The van der Waals surface area contributed by atoms with Crippen LogP contribution < -0.4 is 0 Å². The molecule has 2 N–H and O–H groups in total. The average molecular weight is 168 g/mol. The van der Waals surface area contributed by atoms with E-state index >= 15 is 0 Å². The van der Waals surface area contributed by atoms with Gasteiger partial charge in [-0.3, -0.25) is 0 Å². The fraction of sp³-hybridized carbons (Fsp3) is 0. The fourth-order valence-electron chi connectivity index (χ4n) is 0. The van der Waals surface area contributed by atoms with Crippen molar-refractivity contribution in [3.05, 3.63) is 15.3 Å². The van der Waals surface area contributed by atoms with Gasteiger partial charge in [-0.25, -0.2) is 0 Å². The Bertz CT molecular complexity index is 34.7. The maximum absolute atomic E-state index is 8.25. The molecular weight excluding hydrogens is 165 g/mol. The van der Waals surface area contributed by atoms with Crippen molar-refractivity contribution in [2.75, 3.05) is 0 Å². The molecule has 0 rings (SSSR count). The summed E-state index contributed by atoms with van der Waals surface area (Å²) < 4.78 is 0. The van der Waals surface area contributed by atoms with Crippen LogP contribution in [0.3, 0.4) is 0 Å². The molecule has 0 aromatic heterocycles. The first kappa shape index (κ1) is 25.3. The average Bonchev–Trinajstić information content (AvgIpc) is 0.811. The molecule has 0 aromatic carbocycles. The Morgan fingerprint density at radius 2 is 1.29 bits per heavy atom. The van der Waals surface area contributed by atoms with Crippen LogP contribution in [0.2, 0.25) is 0 Å². The van der Waals surface area contributed by atoms with E-state index in [1.165, 1.54) is 0 Å². The molecule has 1 radical (unpaired) electrons. The van der Waals surface area contributed by atoms with Crippen LogP contribution in [-0.4, -0.2) is 40.1 Å². The summed E-state index contributed by atoms with van der Waals surface area (Å²) >= 11 is 0. The van der Waals surface area contributed by atoms with Gasteiger partial charge < -0.3 is 20.8 Å². The summed E-state index contributed by atoms with van der Waals surface area (Å²) in [5, 5.41) is 14.8. The summed E-state index contributed by atoms with van der Waals surface area (Å²) in [5.74, 6) is 0. The normalized spacial score (nSPS) is 3.43. The minimum atomic E-state index is -1.75. The number of hydrogen-bond acceptors (Lipinski definition) is 3. The van der Waals surface area contributed by atoms with Crippen molar-refractivity contribution >= 4 is 29.6 Å². The predicted molar refractivity (Wildman–Crippen MR) is 21.1 cm³/mol. The Labute approximate surface area is 72.3 Å². The van der Waals surface area contributed by atoms with Crippen molar-refractivity contribution in [1.82, 2.24) is 0 Å². The van der Waals surface area contributed by atoms with Gasteiger partial charge in [0.05, 0.1) is 5.09 Å². The van der Waals surface area contributed by atoms with Gasteiger partial charge in [0.15, 0.2) is 0 Å². The van der Waals surface area contributed by atoms with E-state index in [9.17, 15) is 0 Å². The number of nitrogens with zero attached hydrogens (tertiary/aromatic N) is 1. The topological polar surface area (TPSA) is 97.7 Å². The van der Waals surface area contributed by atoms with E-state index in [-0.39, 0.29) is 52.1 Å². The summed E-state index contributed by atoms with van der Waals surface area (Å²) in [4.78, 5) is 8.25. The van der Waals surface area contributed by atoms with Gasteiger partial charge in [-0.1, -0.05) is 0 Å². The quantitative estimate of drug-likeness (QED) is 0.244. The molecule has 0 heterocycles. The van der Waals surface area contributed by atoms with Gasteiger partial charge in [-0.2, -0.15) is 0 Å². The van der Waals surface area contributed by atoms with Gasteiger partial charge in [0.1, 0.15) is 0 Å². The molecule has 0 saturated carbocycles. The van der Waals surface area contributed by atoms with Crippen LogP contribution >= 0.6 is 0 Å². The monoisotopic (exact) mass is 167 g/mol. The van der Waals surface area contributed by atoms with Gasteiger partial charge >= 0.3 is 46.6 Å². The van der Waals surface area contributed by atoms with Crippen molar-refractivity contribution in [1.29, 1.82) is 0 Å². The Balaban J connectivity index is -0.0000000150. The molecule has 0 saturated heterocycles. The number of rotatable bonds is 0. The van der Waals surface area contributed by atoms with Crippen LogP contribution in [0.15, 0.2) is 0 Å². The molecule has 0 unspecified atom stereocenters. The van der Waals surface area contributed by atoms with Crippen LogP contribution in [-0.2, 0) is 17.1 Å². The Morgan fingerprint density at radius 3 is 1.29 bits per heavy atom. The summed E-state index contributed by atoms with van der Waals surface area (Å²) in [6, 6.07) is 0. The molecule has 0 aliphatic heterocycles. The molecule has 0 aliphatic carbocycles. The first-order valence-corrected chi connectivity index (χ1v) is 0.548. The fourth-order valence-corrected chi connectivity index (χ4v) is 0. The third-order valence-corrected chi connectivity index (χ3v) is 0. The maximum atomic E-state index is 8.25. The first-order valence-electron chi connectivity index (χ1n) is 0.548. The van der Waals surface area contributed by atoms with Crippen LogP contribution in [0.4, 0.5) is 0 Å². The Morgan fingerprint density at radius 1 is 1.29 bits per heavy atom. The molecule has 0 atom stereocenters. The molecular formula is H3CuNNaO4+. The Hall–Kier alpha value is 0.679. The summed E-state index contributed by atoms with van der Waals surface area (Å²) in [6.45, 7) is 0. The zero-order valence-corrected chi connectivity index (χ0v) is 3.42. The SMILES string of the molecule is O.O=[N+]([O-])[O-].[Cu+2].[NaH]. The van der Waals surface area contributed by atoms with Gasteiger partial charge in [-0.05, 0) is 0 Å². The molecule has 0 spiro atoms. The standard InChI is InChI=1S/Cu.NO3.Na.H2O.H/c;2-1(3)4;;;/h;;;1H2;/q+2;-1;;;. The molecule has 0 aromatic rings. The van der Waals surface area contributed by atoms with E-state index in [1.807, 2.05) is 0 Å². The molecule has 0 amide bonds. The summed E-state index contributed by atoms with van der Waals surface area (Å²) in [5.41, 5.74) is 0. The van der Waals surface area contributed by atoms with Crippen LogP contribution in [0.25, 0.3) is 0 Å². The second-order valence-electron chi connectivity index (χ2n) is 0.224. The third-order valence-electron chi connectivity index (χ3n) is 0. The number of hydrogen-bond donors (Lipinski definition) is 0. The van der Waals surface area contributed by atoms with Crippen molar-refractivity contribution in [3.8, 4) is 0 Å². The summed E-state index contributed by atoms with van der Waals surface area (Å²) in [6.07, 6.45) is 0. The van der Waals surface area contributed by atoms with Gasteiger partial charge in [-0.15, -0.1) is 0 Å². The van der Waals surface area contributed by atoms with E-state index in [0.29, 0.717) is 0 Å². The van der Waals surface area contributed by atoms with Crippen LogP contribution in [0.1, 0.15) is 0 Å². The van der Waals surface area contributed by atoms with E-state index in [4.69, 9.17) is 15.3 Å². The molecule has 0 aliphatic rings. The second-order valence-corrected chi connectivity index (χ2v) is 0.224. The van der Waals surface area contributed by atoms with Crippen molar-refractivity contribution < 1.29 is 27.6 Å². The van der Waals surface area contributed by atoms with Gasteiger partial charge in [0.2, 0.25) is 0 Å². The van der Waals surface area contributed by atoms with E-state index in [0.717, 1.165) is 0 Å². The zero-order chi connectivity index (χ0) is 3.58. The zero-order valence-electron chi connectivity index (χ0n) is 2.47. The van der Waals surface area contributed by atoms with Crippen molar-refractivity contribution in [2.45, 2.75) is 0 Å². The van der Waals surface area contributed by atoms with E-state index in [2.05, 4.69) is 0 Å². The molecule has 0 bridgehead atoms. The summed E-state index contributed by atoms with van der Waals surface area (Å²) in [7, 11) is 0. The van der Waals surface area contributed by atoms with Gasteiger partial charge in [0, 0.05) is 0 Å². The molecule has 43 valence electrons. The van der Waals surface area contributed by atoms with E-state index in [1.54, 1.807) is 0 Å². The molecule has 0 fully saturated rings.